The minimum absolute atomic E-state index is 0.0160. The number of ketones is 1. The molecule has 1 heterocycles. The van der Waals surface area contributed by atoms with Crippen molar-refractivity contribution in [1.29, 1.82) is 0 Å². The number of allylic oxidation sites excluding steroid dienone is 2. The average Bonchev–Trinajstić information content (AvgIpc) is 3.14. The highest BCUT2D eigenvalue weighted by Crippen LogP contribution is 2.39. The quantitative estimate of drug-likeness (QED) is 0.862. The monoisotopic (exact) mass is 343 g/mol. The van der Waals surface area contributed by atoms with Crippen molar-refractivity contribution >= 4 is 17.4 Å². The summed E-state index contributed by atoms with van der Waals surface area (Å²) in [5.41, 5.74) is 0.972. The van der Waals surface area contributed by atoms with E-state index in [9.17, 15) is 9.18 Å². The number of halogens is 1. The number of aliphatic imine (C=N–C) groups is 1. The van der Waals surface area contributed by atoms with Gasteiger partial charge >= 0.3 is 0 Å². The lowest BCUT2D eigenvalue weighted by atomic mass is 9.83. The van der Waals surface area contributed by atoms with Crippen LogP contribution in [0.4, 0.5) is 10.1 Å². The number of hydrogen-bond acceptors (Lipinski definition) is 5. The maximum absolute atomic E-state index is 14.5. The predicted molar refractivity (Wildman–Crippen MR) is 96.2 cm³/mol. The lowest BCUT2D eigenvalue weighted by Gasteiger charge is -2.32. The van der Waals surface area contributed by atoms with E-state index in [1.165, 1.54) is 6.08 Å². The Morgan fingerprint density at radius 1 is 1.40 bits per heavy atom. The van der Waals surface area contributed by atoms with E-state index in [1.54, 1.807) is 20.1 Å². The van der Waals surface area contributed by atoms with Gasteiger partial charge in [0.05, 0.1) is 6.54 Å². The Hall–Kier alpha value is -2.47. The number of nitrogens with one attached hydrogen (secondary N) is 2. The molecule has 2 aliphatic rings. The number of nitrogens with zero attached hydrogens (tertiary/aromatic N) is 1. The second-order valence-electron chi connectivity index (χ2n) is 6.06. The van der Waals surface area contributed by atoms with Crippen LogP contribution in [0.5, 0.6) is 0 Å². The van der Waals surface area contributed by atoms with Crippen LogP contribution in [0.3, 0.4) is 0 Å². The maximum atomic E-state index is 14.5. The fourth-order valence-electron chi connectivity index (χ4n) is 3.04. The molecule has 1 aliphatic heterocycles. The number of carbonyl (C=O) groups is 1. The van der Waals surface area contributed by atoms with Gasteiger partial charge in [-0.15, -0.1) is 0 Å². The van der Waals surface area contributed by atoms with Gasteiger partial charge in [-0.3, -0.25) is 9.79 Å². The molecule has 0 saturated heterocycles. The van der Waals surface area contributed by atoms with Crippen LogP contribution in [-0.4, -0.2) is 31.9 Å². The molecular weight excluding hydrogens is 321 g/mol. The van der Waals surface area contributed by atoms with Crippen molar-refractivity contribution < 1.29 is 13.9 Å². The highest BCUT2D eigenvalue weighted by Gasteiger charge is 2.35. The first kappa shape index (κ1) is 17.4. The second-order valence-corrected chi connectivity index (χ2v) is 6.06. The number of rotatable bonds is 5. The number of anilines is 1. The van der Waals surface area contributed by atoms with Crippen molar-refractivity contribution in [3.63, 3.8) is 0 Å². The van der Waals surface area contributed by atoms with Gasteiger partial charge < -0.3 is 15.4 Å². The average molecular weight is 343 g/mol. The lowest BCUT2D eigenvalue weighted by Crippen LogP contribution is -2.29. The number of ether oxygens (including phenoxy) is 1. The Kier molecular flexibility index (Phi) is 4.99. The summed E-state index contributed by atoms with van der Waals surface area (Å²) in [6.45, 7) is 3.33. The highest BCUT2D eigenvalue weighted by atomic mass is 19.1. The van der Waals surface area contributed by atoms with Gasteiger partial charge in [0.25, 0.3) is 0 Å². The highest BCUT2D eigenvalue weighted by molar-refractivity contribution is 5.98. The van der Waals surface area contributed by atoms with Crippen molar-refractivity contribution in [2.75, 3.05) is 25.5 Å². The number of methoxy groups -OCH3 is 1. The molecule has 1 aliphatic carbocycles. The fourth-order valence-corrected chi connectivity index (χ4v) is 3.04. The third kappa shape index (κ3) is 3.49. The molecule has 1 atom stereocenters. The Bertz CT molecular complexity index is 752. The zero-order valence-electron chi connectivity index (χ0n) is 14.4. The number of guanidine groups is 1. The van der Waals surface area contributed by atoms with E-state index in [2.05, 4.69) is 15.6 Å². The first-order valence-electron chi connectivity index (χ1n) is 8.40. The molecule has 0 saturated carbocycles. The summed E-state index contributed by atoms with van der Waals surface area (Å²) in [5.74, 6) is 0.134. The van der Waals surface area contributed by atoms with Crippen molar-refractivity contribution in [3.8, 4) is 0 Å². The molecule has 1 aromatic carbocycles. The van der Waals surface area contributed by atoms with Crippen molar-refractivity contribution in [1.82, 2.24) is 5.32 Å². The van der Waals surface area contributed by atoms with Crippen LogP contribution in [0.1, 0.15) is 25.3 Å². The van der Waals surface area contributed by atoms with Gasteiger partial charge in [0.1, 0.15) is 11.4 Å². The van der Waals surface area contributed by atoms with E-state index in [0.29, 0.717) is 0 Å². The van der Waals surface area contributed by atoms with Gasteiger partial charge in [0.2, 0.25) is 0 Å². The van der Waals surface area contributed by atoms with E-state index in [4.69, 9.17) is 4.74 Å². The van der Waals surface area contributed by atoms with Gasteiger partial charge in [-0.1, -0.05) is 19.1 Å². The summed E-state index contributed by atoms with van der Waals surface area (Å²) in [6.07, 6.45) is 3.61. The van der Waals surface area contributed by atoms with E-state index >= 15 is 0 Å². The molecule has 0 bridgehead atoms. The molecule has 0 amide bonds. The molecule has 0 aromatic heterocycles. The molecule has 0 fully saturated rings. The smallest absolute Gasteiger partial charge is 0.195 e. The largest absolute Gasteiger partial charge is 0.369 e. The summed E-state index contributed by atoms with van der Waals surface area (Å²) < 4.78 is 20.1. The molecular formula is C19H22FN3O2. The van der Waals surface area contributed by atoms with Gasteiger partial charge in [-0.2, -0.15) is 0 Å². The van der Waals surface area contributed by atoms with E-state index in [1.807, 2.05) is 24.3 Å². The number of carbonyl (C=O) groups excluding carboxylic acids is 1. The fraction of sp³-hybridized carbons (Fsp3) is 0.368. The maximum Gasteiger partial charge on any atom is 0.195 e. The number of hydrogen-bond donors (Lipinski definition) is 2. The van der Waals surface area contributed by atoms with Crippen LogP contribution in [0, 0.1) is 0 Å². The van der Waals surface area contributed by atoms with Gasteiger partial charge in [-0.25, -0.2) is 4.39 Å². The Labute approximate surface area is 146 Å². The SMILES string of the molecule is CCC(=O)C1=C(F)CC(OC)(c2ccc(NC3=NCCN3)cc2)C=C1. The van der Waals surface area contributed by atoms with E-state index in [0.717, 1.165) is 30.3 Å². The van der Waals surface area contributed by atoms with Gasteiger partial charge in [0, 0.05) is 37.8 Å². The van der Waals surface area contributed by atoms with Crippen LogP contribution < -0.4 is 10.6 Å². The second kappa shape index (κ2) is 7.19. The van der Waals surface area contributed by atoms with Crippen LogP contribution >= 0.6 is 0 Å². The predicted octanol–water partition coefficient (Wildman–Crippen LogP) is 3.06. The minimum atomic E-state index is -0.900. The number of benzene rings is 1. The summed E-state index contributed by atoms with van der Waals surface area (Å²) in [5, 5.41) is 6.34. The molecule has 25 heavy (non-hydrogen) atoms. The van der Waals surface area contributed by atoms with E-state index in [-0.39, 0.29) is 24.2 Å². The molecule has 6 heteroatoms. The zero-order chi connectivity index (χ0) is 17.9. The molecule has 2 N–H and O–H groups in total. The third-order valence-corrected chi connectivity index (χ3v) is 4.53. The standard InChI is InChI=1S/C19H22FN3O2/c1-3-17(24)15-8-9-19(25-2,12-16(15)20)13-4-6-14(7-5-13)23-18-21-10-11-22-18/h4-9H,3,10-12H2,1-2H3,(H2,21,22,23). The van der Waals surface area contributed by atoms with Crippen molar-refractivity contribution in [3.05, 3.63) is 53.4 Å². The molecule has 1 unspecified atom stereocenters. The lowest BCUT2D eigenvalue weighted by molar-refractivity contribution is -0.115. The first-order chi connectivity index (χ1) is 12.1. The van der Waals surface area contributed by atoms with E-state index < -0.39 is 11.4 Å². The summed E-state index contributed by atoms with van der Waals surface area (Å²) in [7, 11) is 1.55. The molecule has 5 nitrogen and oxygen atoms in total. The Morgan fingerprint density at radius 2 is 2.16 bits per heavy atom. The third-order valence-electron chi connectivity index (χ3n) is 4.53. The van der Waals surface area contributed by atoms with Crippen LogP contribution in [0.25, 0.3) is 0 Å². The topological polar surface area (TPSA) is 62.7 Å². The Balaban J connectivity index is 1.81. The molecule has 3 rings (SSSR count). The first-order valence-corrected chi connectivity index (χ1v) is 8.40. The summed E-state index contributed by atoms with van der Waals surface area (Å²) in [4.78, 5) is 16.1. The molecule has 1 aromatic rings. The van der Waals surface area contributed by atoms with Gasteiger partial charge in [-0.05, 0) is 29.8 Å². The van der Waals surface area contributed by atoms with Crippen LogP contribution in [-0.2, 0) is 15.1 Å². The van der Waals surface area contributed by atoms with Crippen LogP contribution in [0.15, 0.2) is 52.8 Å². The summed E-state index contributed by atoms with van der Waals surface area (Å²) >= 11 is 0. The summed E-state index contributed by atoms with van der Waals surface area (Å²) in [6, 6.07) is 7.60. The van der Waals surface area contributed by atoms with Crippen molar-refractivity contribution in [2.24, 2.45) is 4.99 Å². The Morgan fingerprint density at radius 3 is 2.72 bits per heavy atom. The molecule has 0 spiro atoms. The van der Waals surface area contributed by atoms with Crippen molar-refractivity contribution in [2.45, 2.75) is 25.4 Å². The van der Waals surface area contributed by atoms with Gasteiger partial charge in [0.15, 0.2) is 11.7 Å². The number of Topliss-reactive ketones (excluding diaryl/α,β-unsaturated/α-hetero) is 1. The minimum Gasteiger partial charge on any atom is -0.369 e. The molecule has 0 radical (unpaired) electrons. The van der Waals surface area contributed by atoms with Crippen LogP contribution in [0.2, 0.25) is 0 Å². The zero-order valence-corrected chi connectivity index (χ0v) is 14.4. The normalized spacial score (nSPS) is 22.6. The molecule has 132 valence electrons.